The van der Waals surface area contributed by atoms with Crippen molar-refractivity contribution in [2.24, 2.45) is 0 Å². The van der Waals surface area contributed by atoms with Crippen molar-refractivity contribution in [3.8, 4) is 5.75 Å². The van der Waals surface area contributed by atoms with Crippen LogP contribution in [0.3, 0.4) is 0 Å². The molecule has 0 unspecified atom stereocenters. The highest BCUT2D eigenvalue weighted by atomic mass is 16.5. The normalized spacial score (nSPS) is 11.5. The molecule has 2 aromatic carbocycles. The van der Waals surface area contributed by atoms with Gasteiger partial charge in [-0.1, -0.05) is 49.8 Å². The van der Waals surface area contributed by atoms with Crippen molar-refractivity contribution in [1.82, 2.24) is 4.90 Å². The van der Waals surface area contributed by atoms with Crippen LogP contribution in [0, 0.1) is 0 Å². The zero-order valence-corrected chi connectivity index (χ0v) is 16.8. The number of benzene rings is 2. The fourth-order valence-corrected chi connectivity index (χ4v) is 3.30. The zero-order valence-electron chi connectivity index (χ0n) is 16.8. The van der Waals surface area contributed by atoms with E-state index in [1.807, 2.05) is 6.07 Å². The number of ether oxygens (including phenoxy) is 1. The number of methoxy groups -OCH3 is 1. The van der Waals surface area contributed by atoms with Gasteiger partial charge in [-0.05, 0) is 68.0 Å². The molecule has 2 rings (SSSR count). The second-order valence-electron chi connectivity index (χ2n) is 6.63. The lowest BCUT2D eigenvalue weighted by Crippen LogP contribution is -2.21. The molecule has 0 heterocycles. The second-order valence-corrected chi connectivity index (χ2v) is 6.63. The molecule has 0 amide bonds. The van der Waals surface area contributed by atoms with Gasteiger partial charge < -0.3 is 9.64 Å². The molecular weight excluding hydrogens is 318 g/mol. The lowest BCUT2D eigenvalue weighted by Gasteiger charge is -2.25. The highest BCUT2D eigenvalue weighted by molar-refractivity contribution is 5.65. The van der Waals surface area contributed by atoms with E-state index in [1.54, 1.807) is 7.11 Å². The third-order valence-electron chi connectivity index (χ3n) is 4.76. The van der Waals surface area contributed by atoms with E-state index in [-0.39, 0.29) is 0 Å². The molecule has 0 aromatic heterocycles. The number of hydrogen-bond acceptors (Lipinski definition) is 2. The lowest BCUT2D eigenvalue weighted by molar-refractivity contribution is 0.414. The highest BCUT2D eigenvalue weighted by Crippen LogP contribution is 2.23. The summed E-state index contributed by atoms with van der Waals surface area (Å²) >= 11 is 0. The zero-order chi connectivity index (χ0) is 18.8. The minimum absolute atomic E-state index is 0.918. The molecule has 0 saturated carbocycles. The standard InChI is InChI=1S/C24H33NO/c1-5-8-9-16-24(25(6-2)7-3)22-14-10-12-20(18-22)17-21-13-11-15-23(19-21)26-4/h10-16,18-19H,5-9,17H2,1-4H3/b24-16+. The van der Waals surface area contributed by atoms with E-state index in [4.69, 9.17) is 4.74 Å². The van der Waals surface area contributed by atoms with Crippen LogP contribution in [0.2, 0.25) is 0 Å². The summed E-state index contributed by atoms with van der Waals surface area (Å²) in [6, 6.07) is 17.3. The van der Waals surface area contributed by atoms with Crippen molar-refractivity contribution >= 4 is 5.70 Å². The van der Waals surface area contributed by atoms with Crippen LogP contribution in [0.15, 0.2) is 54.6 Å². The molecule has 0 aliphatic rings. The number of allylic oxidation sites excluding steroid dienone is 1. The summed E-state index contributed by atoms with van der Waals surface area (Å²) in [5, 5.41) is 0. The first-order valence-corrected chi connectivity index (χ1v) is 9.89. The van der Waals surface area contributed by atoms with Crippen LogP contribution < -0.4 is 4.74 Å². The van der Waals surface area contributed by atoms with Gasteiger partial charge in [-0.15, -0.1) is 0 Å². The summed E-state index contributed by atoms with van der Waals surface area (Å²) < 4.78 is 5.35. The minimum atomic E-state index is 0.918. The number of rotatable bonds is 10. The quantitative estimate of drug-likeness (QED) is 0.475. The molecule has 0 N–H and O–H groups in total. The van der Waals surface area contributed by atoms with Gasteiger partial charge in [0.1, 0.15) is 5.75 Å². The van der Waals surface area contributed by atoms with Crippen molar-refractivity contribution < 1.29 is 4.74 Å². The Morgan fingerprint density at radius 3 is 2.31 bits per heavy atom. The molecule has 0 aliphatic carbocycles. The van der Waals surface area contributed by atoms with Crippen LogP contribution in [0.25, 0.3) is 5.70 Å². The van der Waals surface area contributed by atoms with E-state index in [0.717, 1.165) is 31.7 Å². The van der Waals surface area contributed by atoms with Gasteiger partial charge in [0.05, 0.1) is 7.11 Å². The van der Waals surface area contributed by atoms with Crippen LogP contribution in [0.1, 0.15) is 56.7 Å². The molecule has 2 nitrogen and oxygen atoms in total. The molecule has 0 spiro atoms. The second kappa shape index (κ2) is 10.7. The first-order valence-electron chi connectivity index (χ1n) is 9.89. The fraction of sp³-hybridized carbons (Fsp3) is 0.417. The van der Waals surface area contributed by atoms with E-state index in [2.05, 4.69) is 74.2 Å². The molecule has 0 aliphatic heterocycles. The smallest absolute Gasteiger partial charge is 0.119 e. The number of hydrogen-bond donors (Lipinski definition) is 0. The molecular formula is C24H33NO. The summed E-state index contributed by atoms with van der Waals surface area (Å²) in [4.78, 5) is 2.46. The summed E-state index contributed by atoms with van der Waals surface area (Å²) in [6.45, 7) is 8.79. The molecule has 2 aromatic rings. The van der Waals surface area contributed by atoms with Crippen molar-refractivity contribution in [3.63, 3.8) is 0 Å². The van der Waals surface area contributed by atoms with E-state index >= 15 is 0 Å². The van der Waals surface area contributed by atoms with Crippen molar-refractivity contribution in [2.45, 2.75) is 46.5 Å². The third kappa shape index (κ3) is 5.66. The monoisotopic (exact) mass is 351 g/mol. The van der Waals surface area contributed by atoms with Gasteiger partial charge in [-0.2, -0.15) is 0 Å². The Morgan fingerprint density at radius 2 is 1.65 bits per heavy atom. The maximum atomic E-state index is 5.35. The average Bonchev–Trinajstić information content (AvgIpc) is 2.68. The Labute approximate surface area is 159 Å². The van der Waals surface area contributed by atoms with Gasteiger partial charge in [0.25, 0.3) is 0 Å². The Kier molecular flexibility index (Phi) is 8.27. The largest absolute Gasteiger partial charge is 0.497 e. The minimum Gasteiger partial charge on any atom is -0.497 e. The van der Waals surface area contributed by atoms with Crippen molar-refractivity contribution in [2.75, 3.05) is 20.2 Å². The first-order chi connectivity index (χ1) is 12.7. The predicted molar refractivity (Wildman–Crippen MR) is 113 cm³/mol. The first kappa shape index (κ1) is 20.1. The van der Waals surface area contributed by atoms with Gasteiger partial charge in [0.15, 0.2) is 0 Å². The molecule has 0 fully saturated rings. The van der Waals surface area contributed by atoms with Crippen LogP contribution in [0.4, 0.5) is 0 Å². The van der Waals surface area contributed by atoms with Crippen LogP contribution in [0.5, 0.6) is 5.75 Å². The van der Waals surface area contributed by atoms with Gasteiger partial charge in [0.2, 0.25) is 0 Å². The third-order valence-corrected chi connectivity index (χ3v) is 4.76. The average molecular weight is 352 g/mol. The Balaban J connectivity index is 2.27. The molecule has 2 heteroatoms. The summed E-state index contributed by atoms with van der Waals surface area (Å²) in [6.07, 6.45) is 6.96. The molecule has 0 saturated heterocycles. The molecule has 0 atom stereocenters. The van der Waals surface area contributed by atoms with Gasteiger partial charge >= 0.3 is 0 Å². The number of nitrogens with zero attached hydrogens (tertiary/aromatic N) is 1. The highest BCUT2D eigenvalue weighted by Gasteiger charge is 2.09. The van der Waals surface area contributed by atoms with E-state index in [9.17, 15) is 0 Å². The molecule has 0 bridgehead atoms. The van der Waals surface area contributed by atoms with E-state index < -0.39 is 0 Å². The van der Waals surface area contributed by atoms with Crippen molar-refractivity contribution in [1.29, 1.82) is 0 Å². The van der Waals surface area contributed by atoms with Gasteiger partial charge in [0, 0.05) is 18.8 Å². The van der Waals surface area contributed by atoms with Crippen LogP contribution >= 0.6 is 0 Å². The van der Waals surface area contributed by atoms with Crippen LogP contribution in [-0.2, 0) is 6.42 Å². The van der Waals surface area contributed by atoms with E-state index in [1.165, 1.54) is 35.2 Å². The van der Waals surface area contributed by atoms with Crippen LogP contribution in [-0.4, -0.2) is 25.1 Å². The SMILES string of the molecule is CCCC/C=C(\c1cccc(Cc2cccc(OC)c2)c1)N(CC)CC. The summed E-state index contributed by atoms with van der Waals surface area (Å²) in [5.41, 5.74) is 5.31. The maximum absolute atomic E-state index is 5.35. The molecule has 0 radical (unpaired) electrons. The summed E-state index contributed by atoms with van der Waals surface area (Å²) in [5.74, 6) is 0.918. The van der Waals surface area contributed by atoms with E-state index in [0.29, 0.717) is 0 Å². The lowest BCUT2D eigenvalue weighted by atomic mass is 10.00. The fourth-order valence-electron chi connectivity index (χ4n) is 3.30. The Bertz CT molecular complexity index is 701. The molecule has 140 valence electrons. The maximum Gasteiger partial charge on any atom is 0.119 e. The van der Waals surface area contributed by atoms with Gasteiger partial charge in [-0.3, -0.25) is 0 Å². The summed E-state index contributed by atoms with van der Waals surface area (Å²) in [7, 11) is 1.72. The Hall–Kier alpha value is -2.22. The van der Waals surface area contributed by atoms with Crippen molar-refractivity contribution in [3.05, 3.63) is 71.3 Å². The Morgan fingerprint density at radius 1 is 0.962 bits per heavy atom. The molecule has 26 heavy (non-hydrogen) atoms. The topological polar surface area (TPSA) is 12.5 Å². The van der Waals surface area contributed by atoms with Gasteiger partial charge in [-0.25, -0.2) is 0 Å². The predicted octanol–water partition coefficient (Wildman–Crippen LogP) is 6.16. The number of unbranched alkanes of at least 4 members (excludes halogenated alkanes) is 2.